The Morgan fingerprint density at radius 1 is 1.31 bits per heavy atom. The van der Waals surface area contributed by atoms with Gasteiger partial charge in [-0.3, -0.25) is 14.4 Å². The summed E-state index contributed by atoms with van der Waals surface area (Å²) in [6, 6.07) is 2.09. The van der Waals surface area contributed by atoms with Crippen LogP contribution in [0, 0.1) is 5.92 Å². The van der Waals surface area contributed by atoms with Gasteiger partial charge >= 0.3 is 6.18 Å². The molecule has 158 valence electrons. The van der Waals surface area contributed by atoms with Gasteiger partial charge in [0.25, 0.3) is 5.91 Å². The summed E-state index contributed by atoms with van der Waals surface area (Å²) in [6.45, 7) is -0.373. The summed E-state index contributed by atoms with van der Waals surface area (Å²) in [5.41, 5.74) is 4.04. The van der Waals surface area contributed by atoms with Crippen molar-refractivity contribution in [3.63, 3.8) is 0 Å². The van der Waals surface area contributed by atoms with Gasteiger partial charge in [-0.05, 0) is 31.0 Å². The Bertz CT molecular complexity index is 811. The molecule has 1 aliphatic heterocycles. The van der Waals surface area contributed by atoms with Crippen molar-refractivity contribution in [2.24, 2.45) is 11.7 Å². The predicted molar refractivity (Wildman–Crippen MR) is 97.0 cm³/mol. The number of halogens is 3. The molecular weight excluding hydrogens is 393 g/mol. The maximum absolute atomic E-state index is 13.6. The average Bonchev–Trinajstić information content (AvgIpc) is 3.51. The molecule has 3 amide bonds. The van der Waals surface area contributed by atoms with Crippen LogP contribution < -0.4 is 21.3 Å². The number of hydrogen-bond acceptors (Lipinski definition) is 5. The summed E-state index contributed by atoms with van der Waals surface area (Å²) in [5.74, 6) is -1.74. The van der Waals surface area contributed by atoms with E-state index in [1.165, 1.54) is 6.07 Å². The molecule has 1 aromatic rings. The minimum Gasteiger partial charge on any atom is -0.370 e. The minimum absolute atomic E-state index is 0.00390. The summed E-state index contributed by atoms with van der Waals surface area (Å²) in [7, 11) is 0. The van der Waals surface area contributed by atoms with Crippen LogP contribution >= 0.6 is 0 Å². The Balaban J connectivity index is 1.79. The molecule has 2 fully saturated rings. The number of benzene rings is 1. The van der Waals surface area contributed by atoms with E-state index in [1.807, 2.05) is 0 Å². The van der Waals surface area contributed by atoms with E-state index in [4.69, 9.17) is 10.5 Å². The fraction of sp³-hybridized carbons (Fsp3) is 0.500. The lowest BCUT2D eigenvalue weighted by atomic mass is 10.1. The van der Waals surface area contributed by atoms with Gasteiger partial charge < -0.3 is 26.0 Å². The lowest BCUT2D eigenvalue weighted by Gasteiger charge is -2.29. The fourth-order valence-electron chi connectivity index (χ4n) is 2.94. The molecule has 1 aliphatic carbocycles. The predicted octanol–water partition coefficient (Wildman–Crippen LogP) is 0.861. The van der Waals surface area contributed by atoms with Crippen LogP contribution in [-0.4, -0.2) is 50.1 Å². The summed E-state index contributed by atoms with van der Waals surface area (Å²) >= 11 is 0. The third kappa shape index (κ3) is 5.04. The quantitative estimate of drug-likeness (QED) is 0.639. The topological polar surface area (TPSA) is 114 Å². The number of hydrogen-bond donors (Lipinski definition) is 3. The van der Waals surface area contributed by atoms with Gasteiger partial charge in [-0.1, -0.05) is 0 Å². The van der Waals surface area contributed by atoms with Gasteiger partial charge in [0.15, 0.2) is 0 Å². The first-order chi connectivity index (χ1) is 13.7. The number of nitrogens with two attached hydrogens (primary N) is 1. The third-order valence-corrected chi connectivity index (χ3v) is 4.66. The number of anilines is 2. The molecule has 29 heavy (non-hydrogen) atoms. The standard InChI is InChI=1S/C18H21F3N4O4/c19-18(20,21)12-7-11(3-4-14(12)25-5-6-29-9-15(25)26)23-17(28)13(8-22)24-16(27)10-1-2-10/h3-4,7,10,13H,1-2,5-6,8-9,22H2,(H,23,28)(H,24,27)/t13-/m0/s1. The molecule has 0 aromatic heterocycles. The molecule has 8 nitrogen and oxygen atoms in total. The highest BCUT2D eigenvalue weighted by atomic mass is 19.4. The summed E-state index contributed by atoms with van der Waals surface area (Å²) in [4.78, 5) is 37.1. The SMILES string of the molecule is NC[C@H](NC(=O)C1CC1)C(=O)Nc1ccc(N2CCOCC2=O)c(C(F)(F)F)c1. The summed E-state index contributed by atoms with van der Waals surface area (Å²) < 4.78 is 45.7. The monoisotopic (exact) mass is 414 g/mol. The van der Waals surface area contributed by atoms with Crippen LogP contribution in [0.2, 0.25) is 0 Å². The van der Waals surface area contributed by atoms with Crippen LogP contribution in [0.25, 0.3) is 0 Å². The van der Waals surface area contributed by atoms with Crippen LogP contribution in [0.15, 0.2) is 18.2 Å². The normalized spacial score (nSPS) is 18.3. The second-order valence-electron chi connectivity index (χ2n) is 6.89. The summed E-state index contributed by atoms with van der Waals surface area (Å²) in [6.07, 6.45) is -3.27. The minimum atomic E-state index is -4.75. The van der Waals surface area contributed by atoms with E-state index in [0.29, 0.717) is 0 Å². The van der Waals surface area contributed by atoms with E-state index in [9.17, 15) is 27.6 Å². The zero-order chi connectivity index (χ0) is 21.2. The summed E-state index contributed by atoms with van der Waals surface area (Å²) in [5, 5.41) is 4.85. The number of carbonyl (C=O) groups is 3. The first-order valence-corrected chi connectivity index (χ1v) is 9.11. The Morgan fingerprint density at radius 3 is 2.62 bits per heavy atom. The average molecular weight is 414 g/mol. The molecule has 11 heteroatoms. The van der Waals surface area contributed by atoms with Crippen molar-refractivity contribution in [2.75, 3.05) is 36.5 Å². The molecular formula is C18H21F3N4O4. The zero-order valence-corrected chi connectivity index (χ0v) is 15.4. The maximum atomic E-state index is 13.6. The molecule has 0 unspecified atom stereocenters. The molecule has 2 aliphatic rings. The Kier molecular flexibility index (Phi) is 6.08. The maximum Gasteiger partial charge on any atom is 0.418 e. The van der Waals surface area contributed by atoms with Gasteiger partial charge in [0.05, 0.1) is 17.9 Å². The van der Waals surface area contributed by atoms with Crippen LogP contribution in [0.1, 0.15) is 18.4 Å². The van der Waals surface area contributed by atoms with Crippen LogP contribution in [0.5, 0.6) is 0 Å². The van der Waals surface area contributed by atoms with Gasteiger partial charge in [-0.25, -0.2) is 0 Å². The molecule has 1 aromatic carbocycles. The highest BCUT2D eigenvalue weighted by Crippen LogP contribution is 2.38. The van der Waals surface area contributed by atoms with Crippen molar-refractivity contribution in [2.45, 2.75) is 25.1 Å². The van der Waals surface area contributed by atoms with Crippen molar-refractivity contribution in [1.82, 2.24) is 5.32 Å². The molecule has 0 spiro atoms. The van der Waals surface area contributed by atoms with E-state index in [0.717, 1.165) is 29.9 Å². The van der Waals surface area contributed by atoms with Crippen molar-refractivity contribution in [3.05, 3.63) is 23.8 Å². The first-order valence-electron chi connectivity index (χ1n) is 9.11. The van der Waals surface area contributed by atoms with Gasteiger partial charge in [0, 0.05) is 24.7 Å². The first kappa shape index (κ1) is 21.1. The van der Waals surface area contributed by atoms with Gasteiger partial charge in [0.2, 0.25) is 11.8 Å². The number of rotatable bonds is 6. The van der Waals surface area contributed by atoms with Crippen molar-refractivity contribution in [3.8, 4) is 0 Å². The van der Waals surface area contributed by atoms with Crippen LogP contribution in [0.3, 0.4) is 0 Å². The Morgan fingerprint density at radius 2 is 2.03 bits per heavy atom. The molecule has 1 heterocycles. The number of morpholine rings is 1. The molecule has 1 saturated heterocycles. The number of ether oxygens (including phenoxy) is 1. The molecule has 0 radical (unpaired) electrons. The highest BCUT2D eigenvalue weighted by Gasteiger charge is 2.37. The largest absolute Gasteiger partial charge is 0.418 e. The highest BCUT2D eigenvalue weighted by molar-refractivity contribution is 5.99. The van der Waals surface area contributed by atoms with Gasteiger partial charge in [0.1, 0.15) is 12.6 Å². The Hall–Kier alpha value is -2.66. The fourth-order valence-corrected chi connectivity index (χ4v) is 2.94. The second kappa shape index (κ2) is 8.37. The lowest BCUT2D eigenvalue weighted by molar-refractivity contribution is -0.137. The number of nitrogens with one attached hydrogen (secondary N) is 2. The Labute approximate surface area is 164 Å². The van der Waals surface area contributed by atoms with Crippen LogP contribution in [0.4, 0.5) is 24.5 Å². The van der Waals surface area contributed by atoms with E-state index < -0.39 is 29.6 Å². The second-order valence-corrected chi connectivity index (χ2v) is 6.89. The molecule has 1 saturated carbocycles. The number of amides is 3. The van der Waals surface area contributed by atoms with E-state index >= 15 is 0 Å². The van der Waals surface area contributed by atoms with Gasteiger partial charge in [-0.15, -0.1) is 0 Å². The number of nitrogens with zero attached hydrogens (tertiary/aromatic N) is 1. The van der Waals surface area contributed by atoms with Crippen LogP contribution in [-0.2, 0) is 25.3 Å². The van der Waals surface area contributed by atoms with E-state index in [1.54, 1.807) is 0 Å². The zero-order valence-electron chi connectivity index (χ0n) is 15.4. The van der Waals surface area contributed by atoms with E-state index in [2.05, 4.69) is 10.6 Å². The number of alkyl halides is 3. The molecule has 1 atom stereocenters. The van der Waals surface area contributed by atoms with E-state index in [-0.39, 0.29) is 49.5 Å². The smallest absolute Gasteiger partial charge is 0.370 e. The number of carbonyl (C=O) groups excluding carboxylic acids is 3. The van der Waals surface area contributed by atoms with Gasteiger partial charge in [-0.2, -0.15) is 13.2 Å². The van der Waals surface area contributed by atoms with Crippen molar-refractivity contribution < 1.29 is 32.3 Å². The molecule has 3 rings (SSSR count). The third-order valence-electron chi connectivity index (χ3n) is 4.66. The molecule has 4 N–H and O–H groups in total. The molecule has 0 bridgehead atoms. The van der Waals surface area contributed by atoms with Crippen molar-refractivity contribution >= 4 is 29.1 Å². The van der Waals surface area contributed by atoms with Crippen molar-refractivity contribution in [1.29, 1.82) is 0 Å². The lowest BCUT2D eigenvalue weighted by Crippen LogP contribution is -2.48.